The van der Waals surface area contributed by atoms with Crippen molar-refractivity contribution < 1.29 is 9.84 Å². The quantitative estimate of drug-likeness (QED) is 0.589. The highest BCUT2D eigenvalue weighted by Gasteiger charge is 2.33. The third-order valence-electron chi connectivity index (χ3n) is 4.31. The van der Waals surface area contributed by atoms with Crippen LogP contribution in [0.15, 0.2) is 47.5 Å². The lowest BCUT2D eigenvalue weighted by Crippen LogP contribution is -2.31. The van der Waals surface area contributed by atoms with E-state index in [0.29, 0.717) is 6.61 Å². The number of phenols is 1. The standard InChI is InChI=1S/C20H20N2O2S2/c1-4-24-14-9-10-15-16(11-14)22-20(2,3)18-17(15)19(26-25-18)21-12-5-7-13(23)8-6-12/h5-11,22-23H,4H2,1-3H3. The van der Waals surface area contributed by atoms with Crippen LogP contribution in [0.4, 0.5) is 11.4 Å². The molecule has 0 amide bonds. The summed E-state index contributed by atoms with van der Waals surface area (Å²) in [6, 6.07) is 13.2. The highest BCUT2D eigenvalue weighted by atomic mass is 32.9. The maximum Gasteiger partial charge on any atom is 0.135 e. The summed E-state index contributed by atoms with van der Waals surface area (Å²) < 4.78 is 6.66. The van der Waals surface area contributed by atoms with E-state index in [1.54, 1.807) is 32.8 Å². The molecule has 2 heterocycles. The lowest BCUT2D eigenvalue weighted by molar-refractivity contribution is 0.340. The van der Waals surface area contributed by atoms with Gasteiger partial charge in [0.2, 0.25) is 0 Å². The van der Waals surface area contributed by atoms with Gasteiger partial charge in [0.25, 0.3) is 0 Å². The van der Waals surface area contributed by atoms with Crippen molar-refractivity contribution in [3.8, 4) is 22.6 Å². The summed E-state index contributed by atoms with van der Waals surface area (Å²) in [4.78, 5) is 6.13. The summed E-state index contributed by atoms with van der Waals surface area (Å²) >= 11 is 0. The summed E-state index contributed by atoms with van der Waals surface area (Å²) in [6.45, 7) is 7.02. The largest absolute Gasteiger partial charge is 0.508 e. The third kappa shape index (κ3) is 2.99. The minimum absolute atomic E-state index is 0.170. The van der Waals surface area contributed by atoms with Crippen LogP contribution in [-0.4, -0.2) is 11.7 Å². The Morgan fingerprint density at radius 2 is 1.88 bits per heavy atom. The monoisotopic (exact) mass is 384 g/mol. The van der Waals surface area contributed by atoms with E-state index in [2.05, 4.69) is 31.3 Å². The van der Waals surface area contributed by atoms with Crippen LogP contribution in [0.1, 0.15) is 25.6 Å². The van der Waals surface area contributed by atoms with E-state index in [9.17, 15) is 5.11 Å². The summed E-state index contributed by atoms with van der Waals surface area (Å²) in [6.07, 6.45) is 0. The van der Waals surface area contributed by atoms with Gasteiger partial charge in [-0.15, -0.1) is 0 Å². The SMILES string of the molecule is CCOc1ccc2c(c1)NC(C)(C)c1ssc(=Nc3ccc(O)cc3)c1-2. The Bertz CT molecular complexity index is 1020. The molecule has 0 bridgehead atoms. The van der Waals surface area contributed by atoms with Crippen molar-refractivity contribution in [2.24, 2.45) is 4.99 Å². The minimum Gasteiger partial charge on any atom is -0.508 e. The fourth-order valence-electron chi connectivity index (χ4n) is 3.13. The van der Waals surface area contributed by atoms with Gasteiger partial charge in [0.1, 0.15) is 16.2 Å². The Balaban J connectivity index is 1.90. The maximum absolute atomic E-state index is 9.49. The number of fused-ring (bicyclic) bond motifs is 3. The molecule has 4 rings (SSSR count). The van der Waals surface area contributed by atoms with Crippen LogP contribution in [0.5, 0.6) is 11.5 Å². The predicted molar refractivity (Wildman–Crippen MR) is 109 cm³/mol. The number of nitrogens with zero attached hydrogens (tertiary/aromatic N) is 1. The van der Waals surface area contributed by atoms with Crippen molar-refractivity contribution in [1.82, 2.24) is 0 Å². The van der Waals surface area contributed by atoms with E-state index in [0.717, 1.165) is 27.4 Å². The van der Waals surface area contributed by atoms with Crippen molar-refractivity contribution >= 4 is 32.1 Å². The number of nitrogens with one attached hydrogen (secondary N) is 1. The number of aromatic hydroxyl groups is 1. The molecule has 0 aliphatic carbocycles. The van der Waals surface area contributed by atoms with Gasteiger partial charge < -0.3 is 15.2 Å². The molecule has 0 radical (unpaired) electrons. The summed E-state index contributed by atoms with van der Waals surface area (Å²) in [7, 11) is 3.45. The normalized spacial score (nSPS) is 15.1. The third-order valence-corrected chi connectivity index (χ3v) is 6.95. The Labute approximate surface area is 159 Å². The van der Waals surface area contributed by atoms with E-state index in [1.807, 2.05) is 25.1 Å². The average molecular weight is 385 g/mol. The summed E-state index contributed by atoms with van der Waals surface area (Å²) in [5, 5.41) is 13.1. The molecular formula is C20H20N2O2S2. The molecule has 0 saturated heterocycles. The minimum atomic E-state index is -0.170. The van der Waals surface area contributed by atoms with Gasteiger partial charge in [-0.2, -0.15) is 0 Å². The van der Waals surface area contributed by atoms with Crippen LogP contribution in [0.25, 0.3) is 11.1 Å². The van der Waals surface area contributed by atoms with Gasteiger partial charge in [-0.05, 0) is 57.2 Å². The highest BCUT2D eigenvalue weighted by Crippen LogP contribution is 2.46. The molecule has 3 aromatic rings. The zero-order valence-electron chi connectivity index (χ0n) is 14.9. The van der Waals surface area contributed by atoms with Crippen molar-refractivity contribution in [3.05, 3.63) is 52.0 Å². The molecule has 134 valence electrons. The fraction of sp³-hybridized carbons (Fsp3) is 0.250. The molecule has 0 fully saturated rings. The van der Waals surface area contributed by atoms with Gasteiger partial charge in [-0.1, -0.05) is 20.7 Å². The van der Waals surface area contributed by atoms with Crippen LogP contribution in [0.3, 0.4) is 0 Å². The first-order valence-corrected chi connectivity index (χ1v) is 10.7. The average Bonchev–Trinajstić information content (AvgIpc) is 3.02. The molecule has 1 aromatic heterocycles. The Morgan fingerprint density at radius 1 is 1.12 bits per heavy atom. The molecule has 26 heavy (non-hydrogen) atoms. The number of ether oxygens (including phenoxy) is 1. The van der Waals surface area contributed by atoms with Gasteiger partial charge in [0.15, 0.2) is 0 Å². The fourth-order valence-corrected chi connectivity index (χ4v) is 6.07. The van der Waals surface area contributed by atoms with Crippen LogP contribution >= 0.6 is 20.7 Å². The lowest BCUT2D eigenvalue weighted by Gasteiger charge is -2.33. The van der Waals surface area contributed by atoms with E-state index in [-0.39, 0.29) is 11.3 Å². The second kappa shape index (κ2) is 6.45. The molecule has 0 saturated carbocycles. The number of hydrogen-bond donors (Lipinski definition) is 2. The van der Waals surface area contributed by atoms with E-state index < -0.39 is 0 Å². The predicted octanol–water partition coefficient (Wildman–Crippen LogP) is 5.47. The molecule has 0 unspecified atom stereocenters. The zero-order chi connectivity index (χ0) is 18.3. The van der Waals surface area contributed by atoms with E-state index in [1.165, 1.54) is 10.4 Å². The van der Waals surface area contributed by atoms with Crippen LogP contribution < -0.4 is 14.7 Å². The molecule has 1 aliphatic rings. The van der Waals surface area contributed by atoms with Gasteiger partial charge in [0.05, 0.1) is 22.7 Å². The van der Waals surface area contributed by atoms with Crippen LogP contribution in [-0.2, 0) is 5.54 Å². The summed E-state index contributed by atoms with van der Waals surface area (Å²) in [5.74, 6) is 1.12. The molecule has 0 spiro atoms. The van der Waals surface area contributed by atoms with Crippen LogP contribution in [0, 0.1) is 0 Å². The zero-order valence-corrected chi connectivity index (χ0v) is 16.5. The molecular weight excluding hydrogens is 364 g/mol. The molecule has 2 N–H and O–H groups in total. The summed E-state index contributed by atoms with van der Waals surface area (Å²) in [5.41, 5.74) is 4.08. The number of rotatable bonds is 3. The number of benzene rings is 2. The highest BCUT2D eigenvalue weighted by molar-refractivity contribution is 7.68. The van der Waals surface area contributed by atoms with Gasteiger partial charge >= 0.3 is 0 Å². The Kier molecular flexibility index (Phi) is 4.25. The molecule has 1 aliphatic heterocycles. The number of hydrogen-bond acceptors (Lipinski definition) is 6. The first-order valence-electron chi connectivity index (χ1n) is 8.51. The van der Waals surface area contributed by atoms with Crippen molar-refractivity contribution in [2.75, 3.05) is 11.9 Å². The second-order valence-corrected chi connectivity index (χ2v) is 8.82. The van der Waals surface area contributed by atoms with Gasteiger partial charge in [0, 0.05) is 22.9 Å². The lowest BCUT2D eigenvalue weighted by atomic mass is 9.90. The van der Waals surface area contributed by atoms with Gasteiger partial charge in [-0.3, -0.25) is 0 Å². The maximum atomic E-state index is 9.49. The van der Waals surface area contributed by atoms with Crippen molar-refractivity contribution in [3.63, 3.8) is 0 Å². The number of anilines is 1. The molecule has 0 atom stereocenters. The van der Waals surface area contributed by atoms with Crippen molar-refractivity contribution in [2.45, 2.75) is 26.3 Å². The van der Waals surface area contributed by atoms with E-state index in [4.69, 9.17) is 9.73 Å². The van der Waals surface area contributed by atoms with Crippen LogP contribution in [0.2, 0.25) is 0 Å². The van der Waals surface area contributed by atoms with Crippen molar-refractivity contribution in [1.29, 1.82) is 0 Å². The Hall–Kier alpha value is -2.31. The second-order valence-electron chi connectivity index (χ2n) is 6.69. The smallest absolute Gasteiger partial charge is 0.135 e. The Morgan fingerprint density at radius 3 is 2.62 bits per heavy atom. The first-order chi connectivity index (χ1) is 12.5. The number of phenolic OH excluding ortho intramolecular Hbond substituents is 1. The molecule has 4 nitrogen and oxygen atoms in total. The van der Waals surface area contributed by atoms with E-state index >= 15 is 0 Å². The molecule has 6 heteroatoms. The topological polar surface area (TPSA) is 53.8 Å². The molecule has 2 aromatic carbocycles. The first kappa shape index (κ1) is 17.1. The van der Waals surface area contributed by atoms with Gasteiger partial charge in [-0.25, -0.2) is 4.99 Å².